The fraction of sp³-hybridized carbons (Fsp3) is 0.118. The summed E-state index contributed by atoms with van der Waals surface area (Å²) in [6, 6.07) is 14.0. The average molecular weight is 293 g/mol. The van der Waals surface area contributed by atoms with E-state index in [0.717, 1.165) is 5.56 Å². The topological polar surface area (TPSA) is 84.6 Å². The number of amides is 2. The van der Waals surface area contributed by atoms with Gasteiger partial charge >= 0.3 is 0 Å². The van der Waals surface area contributed by atoms with Crippen LogP contribution in [-0.4, -0.2) is 24.1 Å². The summed E-state index contributed by atoms with van der Waals surface area (Å²) in [5.41, 5.74) is 8.81. The van der Waals surface area contributed by atoms with Crippen LogP contribution in [0, 0.1) is 0 Å². The number of anilines is 1. The maximum Gasteiger partial charge on any atom is 0.277 e. The first-order valence-corrected chi connectivity index (χ1v) is 6.96. The first-order valence-electron chi connectivity index (χ1n) is 6.96. The van der Waals surface area contributed by atoms with E-state index in [1.807, 2.05) is 30.3 Å². The standard InChI is InChI=1S/C17H15N3O2/c18-15(8-11-4-2-1-3-5-11)17(22)20-13-6-7-14-12(9-13)10-19-16(14)21/h1-7,9-10,15H,8,18H2,(H,20,22)/t15-/m0/s1. The van der Waals surface area contributed by atoms with E-state index in [-0.39, 0.29) is 11.8 Å². The maximum atomic E-state index is 12.1. The van der Waals surface area contributed by atoms with Gasteiger partial charge in [0.2, 0.25) is 5.91 Å². The van der Waals surface area contributed by atoms with Gasteiger partial charge in [-0.05, 0) is 30.2 Å². The highest BCUT2D eigenvalue weighted by molar-refractivity contribution is 6.13. The number of rotatable bonds is 4. The Morgan fingerprint density at radius 1 is 1.18 bits per heavy atom. The molecule has 1 aliphatic rings. The second kappa shape index (κ2) is 5.91. The van der Waals surface area contributed by atoms with Crippen LogP contribution in [0.1, 0.15) is 21.5 Å². The van der Waals surface area contributed by atoms with Gasteiger partial charge in [-0.3, -0.25) is 9.59 Å². The van der Waals surface area contributed by atoms with Gasteiger partial charge < -0.3 is 11.1 Å². The SMILES string of the molecule is N[C@@H](Cc1ccccc1)C(=O)Nc1ccc2c(c1)C=NC2=O. The lowest BCUT2D eigenvalue weighted by Crippen LogP contribution is -2.37. The average Bonchev–Trinajstić information content (AvgIpc) is 2.89. The highest BCUT2D eigenvalue weighted by atomic mass is 16.2. The predicted molar refractivity (Wildman–Crippen MR) is 85.1 cm³/mol. The van der Waals surface area contributed by atoms with E-state index in [1.54, 1.807) is 18.2 Å². The van der Waals surface area contributed by atoms with E-state index in [1.165, 1.54) is 6.21 Å². The summed E-state index contributed by atoms with van der Waals surface area (Å²) in [5, 5.41) is 2.77. The van der Waals surface area contributed by atoms with Crippen molar-refractivity contribution in [3.8, 4) is 0 Å². The molecule has 0 aliphatic carbocycles. The minimum Gasteiger partial charge on any atom is -0.325 e. The van der Waals surface area contributed by atoms with Crippen LogP contribution in [0.4, 0.5) is 5.69 Å². The van der Waals surface area contributed by atoms with Crippen LogP contribution < -0.4 is 11.1 Å². The number of aliphatic imine (C=N–C) groups is 1. The third-order valence-corrected chi connectivity index (χ3v) is 3.51. The third kappa shape index (κ3) is 2.94. The molecule has 0 spiro atoms. The zero-order chi connectivity index (χ0) is 15.5. The van der Waals surface area contributed by atoms with Crippen LogP contribution >= 0.6 is 0 Å². The van der Waals surface area contributed by atoms with Gasteiger partial charge in [-0.2, -0.15) is 0 Å². The third-order valence-electron chi connectivity index (χ3n) is 3.51. The second-order valence-electron chi connectivity index (χ2n) is 5.15. The number of fused-ring (bicyclic) bond motifs is 1. The molecule has 1 atom stereocenters. The summed E-state index contributed by atoms with van der Waals surface area (Å²) >= 11 is 0. The van der Waals surface area contributed by atoms with E-state index in [0.29, 0.717) is 23.2 Å². The number of nitrogens with two attached hydrogens (primary N) is 1. The van der Waals surface area contributed by atoms with Crippen molar-refractivity contribution < 1.29 is 9.59 Å². The van der Waals surface area contributed by atoms with Crippen LogP contribution in [0.15, 0.2) is 53.5 Å². The molecule has 2 amide bonds. The van der Waals surface area contributed by atoms with Gasteiger partial charge in [0.25, 0.3) is 5.91 Å². The Kier molecular flexibility index (Phi) is 3.80. The smallest absolute Gasteiger partial charge is 0.277 e. The zero-order valence-corrected chi connectivity index (χ0v) is 11.8. The van der Waals surface area contributed by atoms with E-state index < -0.39 is 6.04 Å². The summed E-state index contributed by atoms with van der Waals surface area (Å²) in [6.07, 6.45) is 1.97. The molecule has 0 saturated heterocycles. The van der Waals surface area contributed by atoms with Crippen molar-refractivity contribution in [2.24, 2.45) is 10.7 Å². The second-order valence-corrected chi connectivity index (χ2v) is 5.15. The molecule has 0 radical (unpaired) electrons. The fourth-order valence-corrected chi connectivity index (χ4v) is 2.34. The predicted octanol–water partition coefficient (Wildman–Crippen LogP) is 1.77. The van der Waals surface area contributed by atoms with Gasteiger partial charge in [0.15, 0.2) is 0 Å². The maximum absolute atomic E-state index is 12.1. The van der Waals surface area contributed by atoms with Gasteiger partial charge in [-0.15, -0.1) is 0 Å². The molecule has 3 N–H and O–H groups in total. The van der Waals surface area contributed by atoms with Crippen LogP contribution in [0.25, 0.3) is 0 Å². The molecule has 0 bridgehead atoms. The van der Waals surface area contributed by atoms with Crippen molar-refractivity contribution in [3.63, 3.8) is 0 Å². The van der Waals surface area contributed by atoms with E-state index in [2.05, 4.69) is 10.3 Å². The Morgan fingerprint density at radius 3 is 2.73 bits per heavy atom. The van der Waals surface area contributed by atoms with Gasteiger partial charge in [0, 0.05) is 17.5 Å². The summed E-state index contributed by atoms with van der Waals surface area (Å²) in [4.78, 5) is 27.3. The highest BCUT2D eigenvalue weighted by Gasteiger charge is 2.18. The van der Waals surface area contributed by atoms with Gasteiger partial charge in [-0.25, -0.2) is 4.99 Å². The number of carbonyl (C=O) groups excluding carboxylic acids is 2. The summed E-state index contributed by atoms with van der Waals surface area (Å²) in [7, 11) is 0. The molecule has 2 aromatic rings. The minimum absolute atomic E-state index is 0.256. The summed E-state index contributed by atoms with van der Waals surface area (Å²) in [5.74, 6) is -0.515. The van der Waals surface area contributed by atoms with E-state index in [9.17, 15) is 9.59 Å². The van der Waals surface area contributed by atoms with Crippen molar-refractivity contribution in [2.75, 3.05) is 5.32 Å². The van der Waals surface area contributed by atoms with Crippen molar-refractivity contribution in [1.29, 1.82) is 0 Å². The first kappa shape index (κ1) is 14.2. The first-order chi connectivity index (χ1) is 10.6. The Labute approximate surface area is 127 Å². The molecule has 0 aromatic heterocycles. The number of nitrogens with one attached hydrogen (secondary N) is 1. The van der Waals surface area contributed by atoms with Crippen LogP contribution in [0.5, 0.6) is 0 Å². The highest BCUT2D eigenvalue weighted by Crippen LogP contribution is 2.19. The summed E-state index contributed by atoms with van der Waals surface area (Å²) < 4.78 is 0. The van der Waals surface area contributed by atoms with Crippen LogP contribution in [-0.2, 0) is 11.2 Å². The molecule has 0 saturated carbocycles. The van der Waals surface area contributed by atoms with Crippen molar-refractivity contribution in [3.05, 3.63) is 65.2 Å². The lowest BCUT2D eigenvalue weighted by atomic mass is 10.1. The quantitative estimate of drug-likeness (QED) is 0.901. The van der Waals surface area contributed by atoms with Gasteiger partial charge in [0.05, 0.1) is 11.6 Å². The Balaban J connectivity index is 1.67. The molecule has 2 aromatic carbocycles. The molecule has 5 nitrogen and oxygen atoms in total. The van der Waals surface area contributed by atoms with E-state index >= 15 is 0 Å². The molecule has 22 heavy (non-hydrogen) atoms. The minimum atomic E-state index is -0.633. The molecule has 0 unspecified atom stereocenters. The molecule has 3 rings (SSSR count). The van der Waals surface area contributed by atoms with Gasteiger partial charge in [-0.1, -0.05) is 30.3 Å². The molecule has 1 heterocycles. The number of hydrogen-bond donors (Lipinski definition) is 2. The molecule has 110 valence electrons. The van der Waals surface area contributed by atoms with Crippen molar-refractivity contribution >= 4 is 23.7 Å². The van der Waals surface area contributed by atoms with Crippen molar-refractivity contribution in [2.45, 2.75) is 12.5 Å². The Morgan fingerprint density at radius 2 is 1.95 bits per heavy atom. The largest absolute Gasteiger partial charge is 0.325 e. The Hall–Kier alpha value is -2.79. The number of nitrogens with zero attached hydrogens (tertiary/aromatic N) is 1. The van der Waals surface area contributed by atoms with Crippen LogP contribution in [0.3, 0.4) is 0 Å². The lowest BCUT2D eigenvalue weighted by molar-refractivity contribution is -0.117. The fourth-order valence-electron chi connectivity index (χ4n) is 2.34. The molecular weight excluding hydrogens is 278 g/mol. The molecule has 0 fully saturated rings. The monoisotopic (exact) mass is 293 g/mol. The number of carbonyl (C=O) groups is 2. The van der Waals surface area contributed by atoms with Crippen LogP contribution in [0.2, 0.25) is 0 Å². The Bertz CT molecular complexity index is 754. The normalized spacial score (nSPS) is 13.8. The zero-order valence-electron chi connectivity index (χ0n) is 11.8. The lowest BCUT2D eigenvalue weighted by Gasteiger charge is -2.13. The number of benzene rings is 2. The van der Waals surface area contributed by atoms with E-state index in [4.69, 9.17) is 5.73 Å². The molecule has 5 heteroatoms. The number of hydrogen-bond acceptors (Lipinski definition) is 3. The molecule has 1 aliphatic heterocycles. The molecular formula is C17H15N3O2. The summed E-state index contributed by atoms with van der Waals surface area (Å²) in [6.45, 7) is 0. The van der Waals surface area contributed by atoms with Crippen molar-refractivity contribution in [1.82, 2.24) is 0 Å². The van der Waals surface area contributed by atoms with Gasteiger partial charge in [0.1, 0.15) is 0 Å².